The number of nitriles is 1. The summed E-state index contributed by atoms with van der Waals surface area (Å²) in [7, 11) is 3.17. The maximum absolute atomic E-state index is 12.8. The first kappa shape index (κ1) is 23.6. The predicted molar refractivity (Wildman–Crippen MR) is 112 cm³/mol. The first-order chi connectivity index (χ1) is 15.2. The minimum absolute atomic E-state index is 0.0609. The predicted octanol–water partition coefficient (Wildman–Crippen LogP) is 4.99. The number of hydrogen-bond donors (Lipinski definition) is 0. The normalized spacial score (nSPS) is 21.2. The van der Waals surface area contributed by atoms with Gasteiger partial charge in [0.1, 0.15) is 11.9 Å². The number of alkyl halides is 3. The van der Waals surface area contributed by atoms with Gasteiger partial charge in [-0.3, -0.25) is 4.79 Å². The second-order valence-electron chi connectivity index (χ2n) is 8.00. The fraction of sp³-hybridized carbons (Fsp3) is 0.417. The Bertz CT molecular complexity index is 949. The van der Waals surface area contributed by atoms with Gasteiger partial charge >= 0.3 is 6.18 Å². The monoisotopic (exact) mass is 446 g/mol. The zero-order valence-electron chi connectivity index (χ0n) is 17.9. The molecule has 0 saturated heterocycles. The van der Waals surface area contributed by atoms with E-state index in [0.29, 0.717) is 31.6 Å². The zero-order chi connectivity index (χ0) is 23.4. The molecule has 1 fully saturated rings. The minimum atomic E-state index is -4.41. The molecule has 0 spiro atoms. The van der Waals surface area contributed by atoms with E-state index in [1.807, 2.05) is 30.3 Å². The molecule has 8 heteroatoms. The van der Waals surface area contributed by atoms with Crippen molar-refractivity contribution in [3.05, 3.63) is 65.7 Å². The highest BCUT2D eigenvalue weighted by Crippen LogP contribution is 2.41. The second kappa shape index (κ2) is 9.61. The number of halogens is 3. The maximum Gasteiger partial charge on any atom is 0.416 e. The first-order valence-corrected chi connectivity index (χ1v) is 10.3. The lowest BCUT2D eigenvalue weighted by Gasteiger charge is -2.41. The Morgan fingerprint density at radius 1 is 1.19 bits per heavy atom. The third-order valence-corrected chi connectivity index (χ3v) is 5.83. The molecule has 5 nitrogen and oxygen atoms in total. The van der Waals surface area contributed by atoms with Gasteiger partial charge in [-0.2, -0.15) is 18.4 Å². The quantitative estimate of drug-likeness (QED) is 0.573. The average Bonchev–Trinajstić information content (AvgIpc) is 2.76. The van der Waals surface area contributed by atoms with Crippen molar-refractivity contribution >= 4 is 5.91 Å². The summed E-state index contributed by atoms with van der Waals surface area (Å²) in [5.74, 6) is -0.00130. The maximum atomic E-state index is 12.8. The summed E-state index contributed by atoms with van der Waals surface area (Å²) in [5.41, 5.74) is -0.754. The van der Waals surface area contributed by atoms with E-state index in [2.05, 4.69) is 6.07 Å². The molecule has 3 rings (SSSR count). The van der Waals surface area contributed by atoms with Crippen LogP contribution in [0.25, 0.3) is 0 Å². The van der Waals surface area contributed by atoms with Gasteiger partial charge in [-0.1, -0.05) is 30.3 Å². The van der Waals surface area contributed by atoms with Crippen molar-refractivity contribution < 1.29 is 27.4 Å². The van der Waals surface area contributed by atoms with Gasteiger partial charge < -0.3 is 14.4 Å². The first-order valence-electron chi connectivity index (χ1n) is 10.3. The summed E-state index contributed by atoms with van der Waals surface area (Å²) in [5, 5.41) is 9.20. The van der Waals surface area contributed by atoms with Gasteiger partial charge in [0.05, 0.1) is 11.6 Å². The van der Waals surface area contributed by atoms with Crippen molar-refractivity contribution in [2.24, 2.45) is 5.92 Å². The van der Waals surface area contributed by atoms with Crippen molar-refractivity contribution in [2.45, 2.75) is 37.1 Å². The molecule has 1 unspecified atom stereocenters. The summed E-state index contributed by atoms with van der Waals surface area (Å²) < 4.78 is 49.7. The van der Waals surface area contributed by atoms with Gasteiger partial charge in [0, 0.05) is 45.9 Å². The molecule has 0 radical (unpaired) electrons. The molecule has 0 heterocycles. The molecule has 2 aromatic carbocycles. The average molecular weight is 446 g/mol. The molecule has 1 atom stereocenters. The number of rotatable bonds is 8. The van der Waals surface area contributed by atoms with Crippen molar-refractivity contribution in [2.75, 3.05) is 20.7 Å². The van der Waals surface area contributed by atoms with Crippen molar-refractivity contribution in [3.63, 3.8) is 0 Å². The largest absolute Gasteiger partial charge is 0.486 e. The number of ether oxygens (including phenoxy) is 2. The van der Waals surface area contributed by atoms with E-state index in [-0.39, 0.29) is 11.8 Å². The summed E-state index contributed by atoms with van der Waals surface area (Å²) >= 11 is 0. The summed E-state index contributed by atoms with van der Waals surface area (Å²) in [6.45, 7) is 0.391. The number of carbonyl (C=O) groups is 1. The van der Waals surface area contributed by atoms with E-state index < -0.39 is 23.4 Å². The molecule has 1 saturated carbocycles. The van der Waals surface area contributed by atoms with E-state index in [4.69, 9.17) is 9.47 Å². The van der Waals surface area contributed by atoms with Crippen LogP contribution in [0.5, 0.6) is 5.75 Å². The highest BCUT2D eigenvalue weighted by molar-refractivity contribution is 5.80. The Balaban J connectivity index is 1.64. The topological polar surface area (TPSA) is 62.6 Å². The number of benzene rings is 2. The fourth-order valence-electron chi connectivity index (χ4n) is 3.80. The van der Waals surface area contributed by atoms with Gasteiger partial charge in [0.25, 0.3) is 0 Å². The SMILES string of the molecule is COC1(C#N)CC(C(=O)N(C)CCC(Oc2ccc(C(F)(F)F)cc2)c2ccccc2)C1. The molecule has 170 valence electrons. The van der Waals surface area contributed by atoms with Crippen molar-refractivity contribution in [1.29, 1.82) is 5.26 Å². The van der Waals surface area contributed by atoms with Crippen LogP contribution in [0, 0.1) is 17.2 Å². The van der Waals surface area contributed by atoms with Crippen LogP contribution in [-0.2, 0) is 15.7 Å². The lowest BCUT2D eigenvalue weighted by molar-refractivity contribution is -0.147. The standard InChI is InChI=1S/C24H25F3N2O3/c1-29(22(30)18-14-23(15-18,16-28)31-2)13-12-21(17-6-4-3-5-7-17)32-20-10-8-19(9-11-20)24(25,26)27/h3-11,18,21H,12-15H2,1-2H3. The molecule has 0 bridgehead atoms. The molecule has 1 aliphatic carbocycles. The van der Waals surface area contributed by atoms with E-state index in [9.17, 15) is 23.2 Å². The van der Waals surface area contributed by atoms with Crippen molar-refractivity contribution in [1.82, 2.24) is 4.90 Å². The summed E-state index contributed by atoms with van der Waals surface area (Å²) in [6, 6.07) is 16.0. The van der Waals surface area contributed by atoms with Crippen LogP contribution < -0.4 is 4.74 Å². The Kier molecular flexibility index (Phi) is 7.09. The molecular formula is C24H25F3N2O3. The third-order valence-electron chi connectivity index (χ3n) is 5.83. The highest BCUT2D eigenvalue weighted by Gasteiger charge is 2.49. The molecule has 2 aromatic rings. The van der Waals surface area contributed by atoms with Gasteiger partial charge in [0.15, 0.2) is 5.60 Å². The Morgan fingerprint density at radius 3 is 2.34 bits per heavy atom. The van der Waals surface area contributed by atoms with Crippen LogP contribution in [0.1, 0.15) is 36.5 Å². The Hall–Kier alpha value is -3.05. The van der Waals surface area contributed by atoms with Gasteiger partial charge in [0.2, 0.25) is 5.91 Å². The van der Waals surface area contributed by atoms with E-state index in [0.717, 1.165) is 17.7 Å². The number of nitrogens with zero attached hydrogens (tertiary/aromatic N) is 2. The van der Waals surface area contributed by atoms with E-state index in [1.54, 1.807) is 11.9 Å². The van der Waals surface area contributed by atoms with Crippen molar-refractivity contribution in [3.8, 4) is 11.8 Å². The molecular weight excluding hydrogens is 421 g/mol. The molecule has 32 heavy (non-hydrogen) atoms. The molecule has 0 N–H and O–H groups in total. The number of methoxy groups -OCH3 is 1. The van der Waals surface area contributed by atoms with Crippen LogP contribution in [0.3, 0.4) is 0 Å². The number of amides is 1. The van der Waals surface area contributed by atoms with Gasteiger partial charge in [-0.05, 0) is 29.8 Å². The number of hydrogen-bond acceptors (Lipinski definition) is 4. The van der Waals surface area contributed by atoms with Gasteiger partial charge in [-0.15, -0.1) is 0 Å². The molecule has 0 aromatic heterocycles. The van der Waals surface area contributed by atoms with Gasteiger partial charge in [-0.25, -0.2) is 0 Å². The fourth-order valence-corrected chi connectivity index (χ4v) is 3.80. The van der Waals surface area contributed by atoms with Crippen LogP contribution in [0.4, 0.5) is 13.2 Å². The van der Waals surface area contributed by atoms with E-state index in [1.165, 1.54) is 19.2 Å². The highest BCUT2D eigenvalue weighted by atomic mass is 19.4. The van der Waals surface area contributed by atoms with Crippen LogP contribution in [0.2, 0.25) is 0 Å². The molecule has 0 aliphatic heterocycles. The van der Waals surface area contributed by atoms with Crippen LogP contribution in [-0.4, -0.2) is 37.1 Å². The molecule has 1 amide bonds. The second-order valence-corrected chi connectivity index (χ2v) is 8.00. The minimum Gasteiger partial charge on any atom is -0.486 e. The smallest absolute Gasteiger partial charge is 0.416 e. The zero-order valence-corrected chi connectivity index (χ0v) is 17.9. The summed E-state index contributed by atoms with van der Waals surface area (Å²) in [6.07, 6.45) is -3.66. The Labute approximate surface area is 185 Å². The number of carbonyl (C=O) groups excluding carboxylic acids is 1. The van der Waals surface area contributed by atoms with Crippen LogP contribution in [0.15, 0.2) is 54.6 Å². The lowest BCUT2D eigenvalue weighted by Crippen LogP contribution is -2.51. The third kappa shape index (κ3) is 5.40. The summed E-state index contributed by atoms with van der Waals surface area (Å²) in [4.78, 5) is 14.3. The lowest BCUT2D eigenvalue weighted by atomic mass is 9.71. The Morgan fingerprint density at radius 2 is 1.81 bits per heavy atom. The van der Waals surface area contributed by atoms with E-state index >= 15 is 0 Å². The van der Waals surface area contributed by atoms with Crippen LogP contribution >= 0.6 is 0 Å². The molecule has 1 aliphatic rings.